The van der Waals surface area contributed by atoms with E-state index in [0.29, 0.717) is 12.8 Å². The lowest BCUT2D eigenvalue weighted by Crippen LogP contribution is -2.47. The average Bonchev–Trinajstić information content (AvgIpc) is 2.02. The molecule has 82 valence electrons. The second-order valence-electron chi connectivity index (χ2n) is 4.01. The largest absolute Gasteiger partial charge is 0.317 e. The van der Waals surface area contributed by atoms with E-state index in [2.05, 4.69) is 5.32 Å². The number of carbonyl (C=O) groups is 1. The van der Waals surface area contributed by atoms with Gasteiger partial charge in [0.2, 0.25) is 15.9 Å². The highest BCUT2D eigenvalue weighted by molar-refractivity contribution is 7.89. The van der Waals surface area contributed by atoms with Gasteiger partial charge in [-0.3, -0.25) is 9.52 Å². The van der Waals surface area contributed by atoms with Crippen LogP contribution in [0.4, 0.5) is 0 Å². The summed E-state index contributed by atoms with van der Waals surface area (Å²) in [6.07, 6.45) is 2.35. The third-order valence-electron chi connectivity index (χ3n) is 2.53. The van der Waals surface area contributed by atoms with Gasteiger partial charge < -0.3 is 5.32 Å². The van der Waals surface area contributed by atoms with Gasteiger partial charge in [0.1, 0.15) is 0 Å². The molecular formula is C8H16N2O3S. The zero-order valence-corrected chi connectivity index (χ0v) is 9.28. The van der Waals surface area contributed by atoms with Crippen LogP contribution in [0.5, 0.6) is 0 Å². The summed E-state index contributed by atoms with van der Waals surface area (Å²) in [6, 6.07) is 0. The summed E-state index contributed by atoms with van der Waals surface area (Å²) >= 11 is 0. The number of amides is 1. The standard InChI is InChI=1S/C8H16N2O3S/c1-8(3-5-9-6-4-8)7(11)10-14(2,12)13/h9H,3-6H2,1-2H3,(H,10,11). The van der Waals surface area contributed by atoms with Gasteiger partial charge in [0.05, 0.1) is 6.26 Å². The van der Waals surface area contributed by atoms with E-state index in [1.54, 1.807) is 6.92 Å². The minimum atomic E-state index is -3.43. The molecule has 1 rings (SSSR count). The predicted octanol–water partition coefficient (Wildman–Crippen LogP) is -0.548. The first kappa shape index (κ1) is 11.5. The number of sulfonamides is 1. The maximum atomic E-state index is 11.6. The van der Waals surface area contributed by atoms with Gasteiger partial charge in [0, 0.05) is 5.41 Å². The van der Waals surface area contributed by atoms with E-state index < -0.39 is 15.4 Å². The lowest BCUT2D eigenvalue weighted by Gasteiger charge is -2.31. The van der Waals surface area contributed by atoms with Crippen LogP contribution in [0.3, 0.4) is 0 Å². The molecule has 2 N–H and O–H groups in total. The maximum absolute atomic E-state index is 11.6. The number of hydrogen-bond acceptors (Lipinski definition) is 4. The zero-order valence-electron chi connectivity index (χ0n) is 8.46. The fraction of sp³-hybridized carbons (Fsp3) is 0.875. The fourth-order valence-corrected chi connectivity index (χ4v) is 2.08. The molecule has 1 saturated heterocycles. The van der Waals surface area contributed by atoms with Gasteiger partial charge in [-0.05, 0) is 25.9 Å². The Bertz CT molecular complexity index is 317. The van der Waals surface area contributed by atoms with Crippen LogP contribution in [0.2, 0.25) is 0 Å². The van der Waals surface area contributed by atoms with Crippen molar-refractivity contribution in [2.75, 3.05) is 19.3 Å². The fourth-order valence-electron chi connectivity index (χ4n) is 1.50. The third kappa shape index (κ3) is 2.95. The Morgan fingerprint density at radius 2 is 1.86 bits per heavy atom. The maximum Gasteiger partial charge on any atom is 0.239 e. The lowest BCUT2D eigenvalue weighted by atomic mass is 9.80. The minimum absolute atomic E-state index is 0.387. The average molecular weight is 220 g/mol. The number of piperidine rings is 1. The Balaban J connectivity index is 2.67. The topological polar surface area (TPSA) is 75.3 Å². The van der Waals surface area contributed by atoms with Crippen molar-refractivity contribution in [2.45, 2.75) is 19.8 Å². The van der Waals surface area contributed by atoms with Gasteiger partial charge in [0.25, 0.3) is 0 Å². The second-order valence-corrected chi connectivity index (χ2v) is 5.76. The van der Waals surface area contributed by atoms with Crippen molar-refractivity contribution >= 4 is 15.9 Å². The van der Waals surface area contributed by atoms with Gasteiger partial charge >= 0.3 is 0 Å². The molecule has 0 unspecified atom stereocenters. The summed E-state index contributed by atoms with van der Waals surface area (Å²) in [4.78, 5) is 11.6. The van der Waals surface area contributed by atoms with Crippen LogP contribution in [0, 0.1) is 5.41 Å². The molecule has 0 bridgehead atoms. The van der Waals surface area contributed by atoms with Crippen molar-refractivity contribution in [3.63, 3.8) is 0 Å². The monoisotopic (exact) mass is 220 g/mol. The zero-order chi connectivity index (χ0) is 10.8. The van der Waals surface area contributed by atoms with E-state index >= 15 is 0 Å². The summed E-state index contributed by atoms with van der Waals surface area (Å²) in [7, 11) is -3.43. The Kier molecular flexibility index (Phi) is 3.16. The molecular weight excluding hydrogens is 204 g/mol. The first-order chi connectivity index (χ1) is 6.33. The Hall–Kier alpha value is -0.620. The van der Waals surface area contributed by atoms with Crippen molar-refractivity contribution in [3.05, 3.63) is 0 Å². The number of hydrogen-bond donors (Lipinski definition) is 2. The van der Waals surface area contributed by atoms with Gasteiger partial charge in [-0.25, -0.2) is 8.42 Å². The van der Waals surface area contributed by atoms with Crippen LogP contribution in [-0.2, 0) is 14.8 Å². The number of rotatable bonds is 2. The summed E-state index contributed by atoms with van der Waals surface area (Å²) in [6.45, 7) is 3.32. The van der Waals surface area contributed by atoms with Crippen LogP contribution in [0.1, 0.15) is 19.8 Å². The highest BCUT2D eigenvalue weighted by atomic mass is 32.2. The quantitative estimate of drug-likeness (QED) is 0.655. The minimum Gasteiger partial charge on any atom is -0.317 e. The normalized spacial score (nSPS) is 21.6. The van der Waals surface area contributed by atoms with E-state index in [-0.39, 0.29) is 5.91 Å². The molecule has 0 aromatic heterocycles. The van der Waals surface area contributed by atoms with E-state index in [0.717, 1.165) is 19.3 Å². The van der Waals surface area contributed by atoms with Crippen molar-refractivity contribution in [1.82, 2.24) is 10.0 Å². The van der Waals surface area contributed by atoms with Crippen molar-refractivity contribution < 1.29 is 13.2 Å². The molecule has 0 atom stereocenters. The molecule has 0 aromatic carbocycles. The second kappa shape index (κ2) is 3.86. The van der Waals surface area contributed by atoms with Crippen LogP contribution in [0.25, 0.3) is 0 Å². The van der Waals surface area contributed by atoms with Crippen LogP contribution in [-0.4, -0.2) is 33.7 Å². The van der Waals surface area contributed by atoms with Crippen LogP contribution < -0.4 is 10.0 Å². The van der Waals surface area contributed by atoms with Gasteiger partial charge in [-0.1, -0.05) is 6.92 Å². The SMILES string of the molecule is CC1(C(=O)NS(C)(=O)=O)CCNCC1. The Morgan fingerprint density at radius 3 is 2.29 bits per heavy atom. The molecule has 0 aliphatic carbocycles. The molecule has 1 aliphatic rings. The molecule has 14 heavy (non-hydrogen) atoms. The highest BCUT2D eigenvalue weighted by Crippen LogP contribution is 2.27. The lowest BCUT2D eigenvalue weighted by molar-refractivity contribution is -0.129. The smallest absolute Gasteiger partial charge is 0.239 e. The van der Waals surface area contributed by atoms with Gasteiger partial charge in [0.15, 0.2) is 0 Å². The molecule has 0 radical (unpaired) electrons. The summed E-state index contributed by atoms with van der Waals surface area (Å²) < 4.78 is 23.8. The van der Waals surface area contributed by atoms with Gasteiger partial charge in [-0.15, -0.1) is 0 Å². The molecule has 1 fully saturated rings. The Labute approximate surface area is 84.3 Å². The van der Waals surface area contributed by atoms with Crippen LogP contribution >= 0.6 is 0 Å². The molecule has 0 aromatic rings. The molecule has 0 spiro atoms. The number of carbonyl (C=O) groups excluding carboxylic acids is 1. The number of nitrogens with one attached hydrogen (secondary N) is 2. The Morgan fingerprint density at radius 1 is 1.36 bits per heavy atom. The van der Waals surface area contributed by atoms with Crippen LogP contribution in [0.15, 0.2) is 0 Å². The molecule has 1 aliphatic heterocycles. The van der Waals surface area contributed by atoms with Crippen molar-refractivity contribution in [3.8, 4) is 0 Å². The summed E-state index contributed by atoms with van der Waals surface area (Å²) in [5.41, 5.74) is -0.547. The molecule has 0 saturated carbocycles. The van der Waals surface area contributed by atoms with Crippen molar-refractivity contribution in [1.29, 1.82) is 0 Å². The highest BCUT2D eigenvalue weighted by Gasteiger charge is 2.35. The molecule has 5 nitrogen and oxygen atoms in total. The molecule has 1 heterocycles. The van der Waals surface area contributed by atoms with Gasteiger partial charge in [-0.2, -0.15) is 0 Å². The predicted molar refractivity (Wildman–Crippen MR) is 53.2 cm³/mol. The van der Waals surface area contributed by atoms with E-state index in [4.69, 9.17) is 0 Å². The van der Waals surface area contributed by atoms with Crippen molar-refractivity contribution in [2.24, 2.45) is 5.41 Å². The van der Waals surface area contributed by atoms with E-state index in [9.17, 15) is 13.2 Å². The summed E-state index contributed by atoms with van der Waals surface area (Å²) in [5, 5.41) is 3.13. The van der Waals surface area contributed by atoms with E-state index in [1.165, 1.54) is 0 Å². The first-order valence-electron chi connectivity index (χ1n) is 4.56. The first-order valence-corrected chi connectivity index (χ1v) is 6.46. The van der Waals surface area contributed by atoms with E-state index in [1.807, 2.05) is 4.72 Å². The third-order valence-corrected chi connectivity index (χ3v) is 3.09. The molecule has 6 heteroatoms. The summed E-state index contributed by atoms with van der Waals surface area (Å²) in [5.74, 6) is -0.387. The molecule has 1 amide bonds.